The van der Waals surface area contributed by atoms with Crippen molar-refractivity contribution < 1.29 is 19.1 Å². The monoisotopic (exact) mass is 456 g/mol. The van der Waals surface area contributed by atoms with Crippen LogP contribution in [-0.2, 0) is 9.59 Å². The number of urea groups is 1. The summed E-state index contributed by atoms with van der Waals surface area (Å²) in [4.78, 5) is 38.7. The molecule has 1 saturated heterocycles. The van der Waals surface area contributed by atoms with Gasteiger partial charge in [0.25, 0.3) is 11.8 Å². The molecule has 0 aromatic heterocycles. The van der Waals surface area contributed by atoms with Gasteiger partial charge in [0.05, 0.1) is 16.3 Å². The van der Waals surface area contributed by atoms with Crippen LogP contribution in [0.2, 0.25) is 0 Å². The van der Waals surface area contributed by atoms with Gasteiger partial charge in [-0.2, -0.15) is 0 Å². The van der Waals surface area contributed by atoms with Crippen LogP contribution < -0.4 is 15.0 Å². The highest BCUT2D eigenvalue weighted by Crippen LogP contribution is 2.29. The molecule has 6 nitrogen and oxygen atoms in total. The second kappa shape index (κ2) is 8.21. The number of carbonyl (C=O) groups excluding carboxylic acids is 3. The molecule has 1 N–H and O–H groups in total. The van der Waals surface area contributed by atoms with Gasteiger partial charge in [-0.25, -0.2) is 9.69 Å². The zero-order valence-corrected chi connectivity index (χ0v) is 18.2. The lowest BCUT2D eigenvalue weighted by atomic mass is 10.1. The molecular formula is C22H21BrN2O4. The van der Waals surface area contributed by atoms with Gasteiger partial charge in [0.2, 0.25) is 0 Å². The number of hydrogen-bond acceptors (Lipinski definition) is 4. The Morgan fingerprint density at radius 1 is 1.03 bits per heavy atom. The lowest BCUT2D eigenvalue weighted by Gasteiger charge is -2.27. The molecule has 150 valence electrons. The molecular weight excluding hydrogens is 436 g/mol. The van der Waals surface area contributed by atoms with Gasteiger partial charge in [-0.05, 0) is 90.7 Å². The van der Waals surface area contributed by atoms with Crippen LogP contribution >= 0.6 is 15.9 Å². The molecule has 1 aliphatic rings. The van der Waals surface area contributed by atoms with Gasteiger partial charge < -0.3 is 4.74 Å². The Balaban J connectivity index is 1.98. The Hall–Kier alpha value is -2.93. The number of nitrogens with zero attached hydrogens (tertiary/aromatic N) is 1. The summed E-state index contributed by atoms with van der Waals surface area (Å²) in [7, 11) is 0. The summed E-state index contributed by atoms with van der Waals surface area (Å²) in [5.74, 6) is -0.727. The molecule has 0 unspecified atom stereocenters. The van der Waals surface area contributed by atoms with E-state index in [1.54, 1.807) is 30.3 Å². The van der Waals surface area contributed by atoms with E-state index < -0.39 is 17.8 Å². The average molecular weight is 457 g/mol. The third-order valence-electron chi connectivity index (χ3n) is 4.20. The van der Waals surface area contributed by atoms with E-state index in [0.29, 0.717) is 21.5 Å². The summed E-state index contributed by atoms with van der Waals surface area (Å²) in [5.41, 5.74) is 2.75. The van der Waals surface area contributed by atoms with Crippen LogP contribution in [0.15, 0.2) is 46.4 Å². The van der Waals surface area contributed by atoms with Crippen molar-refractivity contribution in [1.29, 1.82) is 0 Å². The van der Waals surface area contributed by atoms with Crippen LogP contribution in [0.5, 0.6) is 5.75 Å². The van der Waals surface area contributed by atoms with Gasteiger partial charge in [-0.15, -0.1) is 0 Å². The second-order valence-electron chi connectivity index (χ2n) is 7.16. The highest BCUT2D eigenvalue weighted by molar-refractivity contribution is 9.10. The number of imide groups is 2. The third-order valence-corrected chi connectivity index (χ3v) is 4.82. The maximum Gasteiger partial charge on any atom is 0.335 e. The Bertz CT molecular complexity index is 1020. The summed E-state index contributed by atoms with van der Waals surface area (Å²) in [5, 5.41) is 2.24. The summed E-state index contributed by atoms with van der Waals surface area (Å²) in [6, 6.07) is 9.89. The van der Waals surface area contributed by atoms with E-state index in [2.05, 4.69) is 21.2 Å². The molecule has 0 atom stereocenters. The Morgan fingerprint density at radius 2 is 1.69 bits per heavy atom. The molecule has 0 spiro atoms. The Kier molecular flexibility index (Phi) is 5.88. The molecule has 1 heterocycles. The second-order valence-corrected chi connectivity index (χ2v) is 8.01. The van der Waals surface area contributed by atoms with Gasteiger partial charge in [0.1, 0.15) is 11.3 Å². The van der Waals surface area contributed by atoms with Crippen molar-refractivity contribution in [1.82, 2.24) is 5.32 Å². The number of ether oxygens (including phenoxy) is 1. The van der Waals surface area contributed by atoms with E-state index in [1.807, 2.05) is 33.8 Å². The van der Waals surface area contributed by atoms with E-state index >= 15 is 0 Å². The maximum absolute atomic E-state index is 13.0. The van der Waals surface area contributed by atoms with Crippen molar-refractivity contribution in [3.8, 4) is 5.75 Å². The van der Waals surface area contributed by atoms with Gasteiger partial charge in [0.15, 0.2) is 0 Å². The first-order valence-electron chi connectivity index (χ1n) is 9.11. The molecule has 0 bridgehead atoms. The van der Waals surface area contributed by atoms with E-state index in [9.17, 15) is 14.4 Å². The SMILES string of the molecule is Cc1cc(C)cc(N2C(=O)NC(=O)/C(=C\c3ccc(OC(C)C)c(Br)c3)C2=O)c1. The third kappa shape index (κ3) is 4.56. The number of anilines is 1. The Morgan fingerprint density at radius 3 is 2.28 bits per heavy atom. The van der Waals surface area contributed by atoms with Crippen LogP contribution in [0, 0.1) is 13.8 Å². The summed E-state index contributed by atoms with van der Waals surface area (Å²) < 4.78 is 6.38. The number of benzene rings is 2. The van der Waals surface area contributed by atoms with Crippen LogP contribution in [0.25, 0.3) is 6.08 Å². The van der Waals surface area contributed by atoms with Crippen LogP contribution in [-0.4, -0.2) is 23.9 Å². The molecule has 4 amide bonds. The van der Waals surface area contributed by atoms with E-state index in [4.69, 9.17) is 4.74 Å². The first kappa shape index (κ1) is 20.8. The van der Waals surface area contributed by atoms with E-state index in [1.165, 1.54) is 6.08 Å². The van der Waals surface area contributed by atoms with Crippen molar-refractivity contribution >= 4 is 45.5 Å². The van der Waals surface area contributed by atoms with Crippen LogP contribution in [0.1, 0.15) is 30.5 Å². The van der Waals surface area contributed by atoms with Crippen molar-refractivity contribution in [3.63, 3.8) is 0 Å². The molecule has 2 aromatic rings. The number of rotatable bonds is 4. The first-order valence-corrected chi connectivity index (χ1v) is 9.91. The molecule has 0 aliphatic carbocycles. The summed E-state index contributed by atoms with van der Waals surface area (Å²) in [6.07, 6.45) is 1.47. The highest BCUT2D eigenvalue weighted by Gasteiger charge is 2.36. The number of aryl methyl sites for hydroxylation is 2. The lowest BCUT2D eigenvalue weighted by Crippen LogP contribution is -2.54. The number of barbiturate groups is 1. The van der Waals surface area contributed by atoms with Gasteiger partial charge in [0, 0.05) is 0 Å². The predicted octanol–water partition coefficient (Wildman–Crippen LogP) is 4.52. The van der Waals surface area contributed by atoms with E-state index in [0.717, 1.165) is 16.0 Å². The molecule has 7 heteroatoms. The standard InChI is InChI=1S/C22H21BrN2O4/c1-12(2)29-19-6-5-15(11-18(19)23)10-17-20(26)24-22(28)25(21(17)27)16-8-13(3)7-14(4)9-16/h5-12H,1-4H3,(H,24,26,28)/b17-10+. The van der Waals surface area contributed by atoms with Crippen molar-refractivity contribution in [2.45, 2.75) is 33.8 Å². The molecule has 1 fully saturated rings. The van der Waals surface area contributed by atoms with Crippen LogP contribution in [0.4, 0.5) is 10.5 Å². The Labute approximate surface area is 177 Å². The van der Waals surface area contributed by atoms with Gasteiger partial charge in [-0.1, -0.05) is 12.1 Å². The zero-order chi connectivity index (χ0) is 21.3. The van der Waals surface area contributed by atoms with Gasteiger partial charge in [-0.3, -0.25) is 14.9 Å². The minimum atomic E-state index is -0.760. The average Bonchev–Trinajstić information content (AvgIpc) is 2.59. The minimum Gasteiger partial charge on any atom is -0.490 e. The molecule has 0 saturated carbocycles. The van der Waals surface area contributed by atoms with Gasteiger partial charge >= 0.3 is 6.03 Å². The van der Waals surface area contributed by atoms with Crippen molar-refractivity contribution in [2.24, 2.45) is 0 Å². The number of halogens is 1. The molecule has 29 heavy (non-hydrogen) atoms. The zero-order valence-electron chi connectivity index (χ0n) is 16.6. The predicted molar refractivity (Wildman–Crippen MR) is 115 cm³/mol. The molecule has 2 aromatic carbocycles. The molecule has 1 aliphatic heterocycles. The highest BCUT2D eigenvalue weighted by atomic mass is 79.9. The fourth-order valence-corrected chi connectivity index (χ4v) is 3.58. The number of nitrogens with one attached hydrogen (secondary N) is 1. The van der Waals surface area contributed by atoms with Crippen LogP contribution in [0.3, 0.4) is 0 Å². The largest absolute Gasteiger partial charge is 0.490 e. The van der Waals surface area contributed by atoms with Crippen molar-refractivity contribution in [2.75, 3.05) is 4.90 Å². The number of hydrogen-bond donors (Lipinski definition) is 1. The fourth-order valence-electron chi connectivity index (χ4n) is 3.09. The smallest absolute Gasteiger partial charge is 0.335 e. The topological polar surface area (TPSA) is 75.7 Å². The minimum absolute atomic E-state index is 0.0126. The first-order chi connectivity index (χ1) is 13.7. The number of carbonyl (C=O) groups is 3. The fraction of sp³-hybridized carbons (Fsp3) is 0.227. The summed E-state index contributed by atoms with van der Waals surface area (Å²) >= 11 is 3.44. The summed E-state index contributed by atoms with van der Waals surface area (Å²) in [6.45, 7) is 7.60. The quantitative estimate of drug-likeness (QED) is 0.541. The number of amides is 4. The molecule has 3 rings (SSSR count). The molecule has 0 radical (unpaired) electrons. The van der Waals surface area contributed by atoms with Crippen molar-refractivity contribution in [3.05, 3.63) is 63.1 Å². The normalized spacial score (nSPS) is 15.9. The van der Waals surface area contributed by atoms with E-state index in [-0.39, 0.29) is 11.7 Å². The lowest BCUT2D eigenvalue weighted by molar-refractivity contribution is -0.122. The maximum atomic E-state index is 13.0.